The van der Waals surface area contributed by atoms with E-state index in [0.29, 0.717) is 36.9 Å². The van der Waals surface area contributed by atoms with E-state index >= 15 is 0 Å². The number of nitrogens with zero attached hydrogens (tertiary/aromatic N) is 5. The summed E-state index contributed by atoms with van der Waals surface area (Å²) in [6.45, 7) is 2.98. The van der Waals surface area contributed by atoms with Crippen molar-refractivity contribution in [1.82, 2.24) is 24.1 Å². The van der Waals surface area contributed by atoms with Gasteiger partial charge in [-0.2, -0.15) is 13.2 Å². The van der Waals surface area contributed by atoms with Crippen LogP contribution in [-0.2, 0) is 20.9 Å². The molecule has 2 atom stereocenters. The number of sulfonamides is 1. The van der Waals surface area contributed by atoms with Gasteiger partial charge in [0.15, 0.2) is 5.82 Å². The maximum atomic E-state index is 13.1. The minimum atomic E-state index is -4.49. The SMILES string of the molecule is C[C@H](NS(C)(=O)=O)[C@@H]1CN(c2ccnc(-c3cnc4ccc(C(F)(F)F)cn34)n2)CCO1. The molecule has 9 nitrogen and oxygen atoms in total. The molecule has 1 N–H and O–H groups in total. The van der Waals surface area contributed by atoms with E-state index in [0.717, 1.165) is 18.5 Å². The Hall–Kier alpha value is -2.77. The van der Waals surface area contributed by atoms with Gasteiger partial charge >= 0.3 is 6.18 Å². The Bertz CT molecular complexity index is 1230. The Labute approximate surface area is 182 Å². The van der Waals surface area contributed by atoms with Gasteiger partial charge in [0.25, 0.3) is 0 Å². The van der Waals surface area contributed by atoms with Crippen LogP contribution >= 0.6 is 0 Å². The van der Waals surface area contributed by atoms with Crippen LogP contribution in [0.5, 0.6) is 0 Å². The van der Waals surface area contributed by atoms with E-state index < -0.39 is 33.9 Å². The van der Waals surface area contributed by atoms with Crippen LogP contribution < -0.4 is 9.62 Å². The molecule has 0 bridgehead atoms. The molecule has 32 heavy (non-hydrogen) atoms. The number of ether oxygens (including phenoxy) is 1. The molecule has 3 aromatic rings. The number of hydrogen-bond acceptors (Lipinski definition) is 7. The van der Waals surface area contributed by atoms with Gasteiger partial charge in [-0.25, -0.2) is 28.1 Å². The number of hydrogen-bond donors (Lipinski definition) is 1. The molecule has 172 valence electrons. The number of rotatable bonds is 5. The average Bonchev–Trinajstić information content (AvgIpc) is 3.15. The first kappa shape index (κ1) is 22.4. The number of fused-ring (bicyclic) bond motifs is 1. The lowest BCUT2D eigenvalue weighted by Gasteiger charge is -2.36. The van der Waals surface area contributed by atoms with Gasteiger partial charge in [-0.05, 0) is 25.1 Å². The monoisotopic (exact) mass is 470 g/mol. The van der Waals surface area contributed by atoms with Crippen molar-refractivity contribution in [2.45, 2.75) is 25.2 Å². The Balaban J connectivity index is 1.62. The standard InChI is InChI=1S/C19H21F3N6O3S/c1-12(26-32(2,29)30)15-11-27(7-8-31-15)17-5-6-23-18(25-17)14-9-24-16-4-3-13(10-28(14)16)19(20,21)22/h3-6,9-10,12,15,26H,7-8,11H2,1-2H3/t12-,15-/m0/s1. The fourth-order valence-corrected chi connectivity index (χ4v) is 4.39. The minimum Gasteiger partial charge on any atom is -0.373 e. The Morgan fingerprint density at radius 3 is 2.75 bits per heavy atom. The second-order valence-electron chi connectivity index (χ2n) is 7.56. The van der Waals surface area contributed by atoms with Gasteiger partial charge in [0.2, 0.25) is 10.0 Å². The normalized spacial score (nSPS) is 18.8. The van der Waals surface area contributed by atoms with Crippen LogP contribution in [0.25, 0.3) is 17.2 Å². The van der Waals surface area contributed by atoms with Gasteiger partial charge < -0.3 is 9.64 Å². The maximum Gasteiger partial charge on any atom is 0.417 e. The summed E-state index contributed by atoms with van der Waals surface area (Å²) in [6, 6.07) is 3.50. The summed E-state index contributed by atoms with van der Waals surface area (Å²) in [5.41, 5.74) is -0.136. The fourth-order valence-electron chi connectivity index (χ4n) is 3.56. The summed E-state index contributed by atoms with van der Waals surface area (Å²) in [7, 11) is -3.39. The second kappa shape index (κ2) is 8.30. The van der Waals surface area contributed by atoms with E-state index in [2.05, 4.69) is 19.7 Å². The maximum absolute atomic E-state index is 13.1. The summed E-state index contributed by atoms with van der Waals surface area (Å²) in [5.74, 6) is 0.774. The van der Waals surface area contributed by atoms with Crippen molar-refractivity contribution in [2.24, 2.45) is 0 Å². The third kappa shape index (κ3) is 4.84. The molecule has 13 heteroatoms. The molecule has 3 aromatic heterocycles. The molecule has 0 saturated carbocycles. The minimum absolute atomic E-state index is 0.222. The van der Waals surface area contributed by atoms with E-state index in [1.54, 1.807) is 13.0 Å². The highest BCUT2D eigenvalue weighted by molar-refractivity contribution is 7.88. The van der Waals surface area contributed by atoms with Gasteiger partial charge in [0.1, 0.15) is 17.2 Å². The van der Waals surface area contributed by atoms with Crippen molar-refractivity contribution in [3.63, 3.8) is 0 Å². The van der Waals surface area contributed by atoms with Crippen molar-refractivity contribution in [1.29, 1.82) is 0 Å². The number of halogens is 3. The number of anilines is 1. The van der Waals surface area contributed by atoms with E-state index in [1.807, 2.05) is 4.90 Å². The van der Waals surface area contributed by atoms with Crippen LogP contribution in [0.1, 0.15) is 12.5 Å². The van der Waals surface area contributed by atoms with Crippen molar-refractivity contribution < 1.29 is 26.3 Å². The number of alkyl halides is 3. The molecule has 0 spiro atoms. The summed E-state index contributed by atoms with van der Waals surface area (Å²) in [4.78, 5) is 14.8. The summed E-state index contributed by atoms with van der Waals surface area (Å²) in [5, 5.41) is 0. The van der Waals surface area contributed by atoms with Crippen molar-refractivity contribution >= 4 is 21.5 Å². The number of pyridine rings is 1. The van der Waals surface area contributed by atoms with Crippen molar-refractivity contribution in [2.75, 3.05) is 30.9 Å². The number of nitrogens with one attached hydrogen (secondary N) is 1. The zero-order chi connectivity index (χ0) is 23.1. The molecule has 0 aromatic carbocycles. The van der Waals surface area contributed by atoms with Gasteiger partial charge in [0, 0.05) is 31.5 Å². The molecule has 4 heterocycles. The van der Waals surface area contributed by atoms with Crippen LogP contribution in [0.4, 0.5) is 19.0 Å². The molecule has 1 aliphatic rings. The quantitative estimate of drug-likeness (QED) is 0.608. The molecule has 0 radical (unpaired) electrons. The molecular formula is C19H21F3N6O3S. The van der Waals surface area contributed by atoms with E-state index in [-0.39, 0.29) is 5.82 Å². The summed E-state index contributed by atoms with van der Waals surface area (Å²) >= 11 is 0. The first-order chi connectivity index (χ1) is 15.0. The lowest BCUT2D eigenvalue weighted by Crippen LogP contribution is -2.52. The average molecular weight is 470 g/mol. The number of morpholine rings is 1. The first-order valence-electron chi connectivity index (χ1n) is 9.73. The summed E-state index contributed by atoms with van der Waals surface area (Å²) < 4.78 is 72.0. The molecule has 0 unspecified atom stereocenters. The van der Waals surface area contributed by atoms with Gasteiger partial charge in [-0.15, -0.1) is 0 Å². The first-order valence-corrected chi connectivity index (χ1v) is 11.6. The van der Waals surface area contributed by atoms with Crippen molar-refractivity contribution in [3.05, 3.63) is 42.4 Å². The lowest BCUT2D eigenvalue weighted by atomic mass is 10.1. The smallest absolute Gasteiger partial charge is 0.373 e. The third-order valence-electron chi connectivity index (χ3n) is 5.08. The van der Waals surface area contributed by atoms with Crippen molar-refractivity contribution in [3.8, 4) is 11.5 Å². The Kier molecular flexibility index (Phi) is 5.81. The molecule has 0 amide bonds. The molecular weight excluding hydrogens is 449 g/mol. The Morgan fingerprint density at radius 1 is 1.25 bits per heavy atom. The number of imidazole rings is 1. The van der Waals surface area contributed by atoms with E-state index in [1.165, 1.54) is 22.9 Å². The topological polar surface area (TPSA) is 102 Å². The fraction of sp³-hybridized carbons (Fsp3) is 0.421. The van der Waals surface area contributed by atoms with E-state index in [9.17, 15) is 21.6 Å². The zero-order valence-corrected chi connectivity index (χ0v) is 18.1. The predicted octanol–water partition coefficient (Wildman–Crippen LogP) is 1.95. The molecule has 4 rings (SSSR count). The third-order valence-corrected chi connectivity index (χ3v) is 5.88. The zero-order valence-electron chi connectivity index (χ0n) is 17.2. The summed E-state index contributed by atoms with van der Waals surface area (Å²) in [6.07, 6.45) is 0.111. The van der Waals surface area contributed by atoms with E-state index in [4.69, 9.17) is 4.74 Å². The van der Waals surface area contributed by atoms with Crippen LogP contribution in [0, 0.1) is 0 Å². The predicted molar refractivity (Wildman–Crippen MR) is 111 cm³/mol. The lowest BCUT2D eigenvalue weighted by molar-refractivity contribution is -0.137. The van der Waals surface area contributed by atoms with Gasteiger partial charge in [-0.3, -0.25) is 4.40 Å². The Morgan fingerprint density at radius 2 is 2.03 bits per heavy atom. The van der Waals surface area contributed by atoms with Gasteiger partial charge in [-0.1, -0.05) is 0 Å². The van der Waals surface area contributed by atoms with Crippen LogP contribution in [0.3, 0.4) is 0 Å². The number of aromatic nitrogens is 4. The van der Waals surface area contributed by atoms with Gasteiger partial charge in [0.05, 0.1) is 30.7 Å². The highest BCUT2D eigenvalue weighted by atomic mass is 32.2. The molecule has 1 fully saturated rings. The second-order valence-corrected chi connectivity index (χ2v) is 9.34. The molecule has 1 aliphatic heterocycles. The highest BCUT2D eigenvalue weighted by Crippen LogP contribution is 2.30. The van der Waals surface area contributed by atoms with Crippen LogP contribution in [0.2, 0.25) is 0 Å². The van der Waals surface area contributed by atoms with Crippen LogP contribution in [-0.4, -0.2) is 65.9 Å². The van der Waals surface area contributed by atoms with Crippen LogP contribution in [0.15, 0.2) is 36.8 Å². The highest BCUT2D eigenvalue weighted by Gasteiger charge is 2.31. The largest absolute Gasteiger partial charge is 0.417 e. The molecule has 0 aliphatic carbocycles. The molecule has 1 saturated heterocycles.